The Morgan fingerprint density at radius 1 is 0.615 bits per heavy atom. The van der Waals surface area contributed by atoms with Crippen molar-refractivity contribution in [3.8, 4) is 11.1 Å². The van der Waals surface area contributed by atoms with E-state index in [1.807, 2.05) is 54.6 Å². The second kappa shape index (κ2) is 17.5. The summed E-state index contributed by atoms with van der Waals surface area (Å²) in [6.07, 6.45) is 1.03. The van der Waals surface area contributed by atoms with Crippen molar-refractivity contribution in [2.24, 2.45) is 0 Å². The van der Waals surface area contributed by atoms with E-state index in [0.717, 1.165) is 27.2 Å². The zero-order valence-corrected chi connectivity index (χ0v) is 35.9. The van der Waals surface area contributed by atoms with E-state index in [9.17, 15) is 0 Å². The van der Waals surface area contributed by atoms with Gasteiger partial charge >= 0.3 is 166 Å². The molecule has 0 heterocycles. The van der Waals surface area contributed by atoms with Gasteiger partial charge in [-0.15, -0.1) is 5.56 Å². The molecule has 1 aliphatic rings. The van der Waals surface area contributed by atoms with Gasteiger partial charge in [-0.3, -0.25) is 0 Å². The fourth-order valence-electron chi connectivity index (χ4n) is 6.41. The van der Waals surface area contributed by atoms with Crippen LogP contribution in [-0.4, -0.2) is 3.21 Å². The Labute approximate surface area is 347 Å². The molecule has 52 heavy (non-hydrogen) atoms. The molecule has 0 unspecified atom stereocenters. The molecular formula is C47H42Cl4Zr-2. The largest absolute Gasteiger partial charge is 1.00 e. The van der Waals surface area contributed by atoms with Gasteiger partial charge in [0.05, 0.1) is 0 Å². The summed E-state index contributed by atoms with van der Waals surface area (Å²) in [6, 6.07) is 49.9. The molecule has 0 saturated carbocycles. The Kier molecular flexibility index (Phi) is 14.1. The maximum absolute atomic E-state index is 6.38. The molecule has 0 atom stereocenters. The number of hydrogen-bond donors (Lipinski definition) is 0. The summed E-state index contributed by atoms with van der Waals surface area (Å²) >= 11 is 14.1. The maximum Gasteiger partial charge on any atom is -0.172 e. The number of fused-ring (bicyclic) bond motifs is 5. The first-order valence-corrected chi connectivity index (χ1v) is 19.1. The van der Waals surface area contributed by atoms with E-state index in [2.05, 4.69) is 126 Å². The van der Waals surface area contributed by atoms with Crippen molar-refractivity contribution in [1.29, 1.82) is 0 Å². The molecule has 264 valence electrons. The monoisotopic (exact) mass is 836 g/mol. The van der Waals surface area contributed by atoms with Crippen LogP contribution in [0.2, 0.25) is 10.0 Å². The second-order valence-corrected chi connectivity index (χ2v) is 17.1. The van der Waals surface area contributed by atoms with Crippen molar-refractivity contribution in [1.82, 2.24) is 0 Å². The average Bonchev–Trinajstić information content (AvgIpc) is 3.78. The SMILES string of the molecule is CC(C)(C)c1c[c-]c2c(c1)-c1cc(C(C)(C)C)ccc1C2.Clc1cc([C](=[Zr+2])c2cc(Cl)cc3ccccc23)c2ccccc2c1.[Cl-].[Cl-].c1cc[cH-]c1. The Bertz CT molecular complexity index is 2140. The fourth-order valence-corrected chi connectivity index (χ4v) is 7.88. The van der Waals surface area contributed by atoms with Crippen molar-refractivity contribution in [2.45, 2.75) is 58.8 Å². The van der Waals surface area contributed by atoms with E-state index in [4.69, 9.17) is 23.2 Å². The van der Waals surface area contributed by atoms with E-state index in [1.54, 1.807) is 0 Å². The Morgan fingerprint density at radius 2 is 1.12 bits per heavy atom. The average molecular weight is 840 g/mol. The van der Waals surface area contributed by atoms with E-state index in [1.165, 1.54) is 82.7 Å². The molecule has 0 saturated heterocycles. The zero-order valence-electron chi connectivity index (χ0n) is 30.4. The molecule has 0 fully saturated rings. The predicted octanol–water partition coefficient (Wildman–Crippen LogP) is 7.48. The van der Waals surface area contributed by atoms with Crippen LogP contribution in [0.15, 0.2) is 133 Å². The summed E-state index contributed by atoms with van der Waals surface area (Å²) in [5.74, 6) is 0. The van der Waals surface area contributed by atoms with Crippen LogP contribution in [0.5, 0.6) is 0 Å². The molecule has 0 aliphatic heterocycles. The van der Waals surface area contributed by atoms with Crippen molar-refractivity contribution < 1.29 is 49.0 Å². The van der Waals surface area contributed by atoms with E-state index in [0.29, 0.717) is 0 Å². The van der Waals surface area contributed by atoms with Gasteiger partial charge in [-0.2, -0.15) is 47.5 Å². The first-order chi connectivity index (χ1) is 23.8. The molecule has 0 amide bonds. The van der Waals surface area contributed by atoms with Crippen LogP contribution < -0.4 is 24.8 Å². The topological polar surface area (TPSA) is 0 Å². The van der Waals surface area contributed by atoms with Crippen LogP contribution >= 0.6 is 23.2 Å². The summed E-state index contributed by atoms with van der Waals surface area (Å²) in [5.41, 5.74) is 11.1. The summed E-state index contributed by atoms with van der Waals surface area (Å²) < 4.78 is 1.26. The molecule has 5 heteroatoms. The summed E-state index contributed by atoms with van der Waals surface area (Å²) in [4.78, 5) is 0. The smallest absolute Gasteiger partial charge is 0.172 e. The molecule has 0 aromatic heterocycles. The maximum atomic E-state index is 6.38. The number of halogens is 4. The standard InChI is InChI=1S/C21H12Cl2.C21H25.C5H5.2ClH.Zr/c22-18-10-14-5-1-3-7-20(14)16(12-18)9-17-13-19(23)11-15-6-2-4-8-21(15)17;1-20(2,3)16-9-7-14-11-15-8-10-17(21(4,5)6)13-19(15)18(14)12-16;1-2-4-5-3-1;;;/h1-8,10-13H;7,9-10,12-13H,11H2,1-6H3;1-5H;2*1H;/q;2*-1;;;+2/p-2. The van der Waals surface area contributed by atoms with Crippen molar-refractivity contribution in [3.05, 3.63) is 183 Å². The Balaban J connectivity index is 0.000000199. The minimum atomic E-state index is 0. The van der Waals surface area contributed by atoms with E-state index >= 15 is 0 Å². The van der Waals surface area contributed by atoms with Gasteiger partial charge in [0, 0.05) is 0 Å². The third kappa shape index (κ3) is 9.60. The molecule has 0 radical (unpaired) electrons. The molecule has 0 nitrogen and oxygen atoms in total. The van der Waals surface area contributed by atoms with Gasteiger partial charge < -0.3 is 24.8 Å². The van der Waals surface area contributed by atoms with Crippen LogP contribution in [0, 0.1) is 6.07 Å². The minimum absolute atomic E-state index is 0. The van der Waals surface area contributed by atoms with Crippen LogP contribution in [0.3, 0.4) is 0 Å². The van der Waals surface area contributed by atoms with Crippen molar-refractivity contribution in [3.63, 3.8) is 0 Å². The third-order valence-electron chi connectivity index (χ3n) is 9.27. The molecule has 0 bridgehead atoms. The third-order valence-corrected chi connectivity index (χ3v) is 11.0. The van der Waals surface area contributed by atoms with E-state index in [-0.39, 0.29) is 35.6 Å². The number of benzene rings is 6. The van der Waals surface area contributed by atoms with Gasteiger partial charge in [-0.05, 0) is 17.4 Å². The van der Waals surface area contributed by atoms with Crippen LogP contribution in [-0.2, 0) is 41.5 Å². The molecular weight excluding hydrogens is 798 g/mol. The molecule has 1 aliphatic carbocycles. The fraction of sp³-hybridized carbons (Fsp3) is 0.191. The molecule has 0 N–H and O–H groups in total. The first kappa shape index (κ1) is 41.9. The molecule has 8 rings (SSSR count). The van der Waals surface area contributed by atoms with Gasteiger partial charge in [0.1, 0.15) is 0 Å². The quantitative estimate of drug-likeness (QED) is 0.159. The first-order valence-electron chi connectivity index (χ1n) is 17.1. The van der Waals surface area contributed by atoms with E-state index < -0.39 is 0 Å². The van der Waals surface area contributed by atoms with Crippen molar-refractivity contribution in [2.75, 3.05) is 0 Å². The molecule has 7 aromatic rings. The van der Waals surface area contributed by atoms with Gasteiger partial charge in [-0.1, -0.05) is 76.3 Å². The molecule has 0 spiro atoms. The minimum Gasteiger partial charge on any atom is -1.00 e. The summed E-state index contributed by atoms with van der Waals surface area (Å²) in [7, 11) is 0. The van der Waals surface area contributed by atoms with Gasteiger partial charge in [0.2, 0.25) is 0 Å². The van der Waals surface area contributed by atoms with Crippen LogP contribution in [0.4, 0.5) is 0 Å². The van der Waals surface area contributed by atoms with Gasteiger partial charge in [-0.25, -0.2) is 12.1 Å². The predicted molar refractivity (Wildman–Crippen MR) is 214 cm³/mol. The van der Waals surface area contributed by atoms with Gasteiger partial charge in [0.25, 0.3) is 0 Å². The molecule has 7 aromatic carbocycles. The number of hydrogen-bond acceptors (Lipinski definition) is 0. The Hall–Kier alpha value is -2.90. The van der Waals surface area contributed by atoms with Gasteiger partial charge in [0.15, 0.2) is 0 Å². The second-order valence-electron chi connectivity index (χ2n) is 15.0. The Morgan fingerprint density at radius 3 is 1.60 bits per heavy atom. The number of rotatable bonds is 2. The summed E-state index contributed by atoms with van der Waals surface area (Å²) in [6.45, 7) is 13.6. The van der Waals surface area contributed by atoms with Crippen molar-refractivity contribution >= 4 is 48.0 Å². The normalized spacial score (nSPS) is 11.6. The summed E-state index contributed by atoms with van der Waals surface area (Å²) in [5, 5.41) is 6.28. The van der Waals surface area contributed by atoms with Crippen LogP contribution in [0.1, 0.15) is 74.9 Å². The van der Waals surface area contributed by atoms with Crippen LogP contribution in [0.25, 0.3) is 32.7 Å². The zero-order chi connectivity index (χ0) is 35.6.